The second-order valence-electron chi connectivity index (χ2n) is 5.89. The number of hydrogen-bond acceptors (Lipinski definition) is 4. The molecule has 0 saturated heterocycles. The van der Waals surface area contributed by atoms with Gasteiger partial charge in [-0.2, -0.15) is 0 Å². The van der Waals surface area contributed by atoms with E-state index in [1.807, 2.05) is 42.5 Å². The first kappa shape index (κ1) is 16.0. The fourth-order valence-corrected chi connectivity index (χ4v) is 2.93. The molecule has 122 valence electrons. The minimum absolute atomic E-state index is 0.0554. The topological polar surface area (TPSA) is 85.2 Å². The molecule has 0 spiro atoms. The van der Waals surface area contributed by atoms with Crippen LogP contribution in [-0.4, -0.2) is 10.1 Å². The van der Waals surface area contributed by atoms with Crippen molar-refractivity contribution in [1.82, 2.24) is 4.98 Å². The summed E-state index contributed by atoms with van der Waals surface area (Å²) in [4.78, 5) is 4.07. The summed E-state index contributed by atoms with van der Waals surface area (Å²) >= 11 is 0. The van der Waals surface area contributed by atoms with Gasteiger partial charge in [-0.25, -0.2) is 4.98 Å². The first-order chi connectivity index (χ1) is 11.7. The number of aliphatic hydroxyl groups excluding tert-OH is 1. The zero-order valence-corrected chi connectivity index (χ0v) is 13.4. The van der Waals surface area contributed by atoms with E-state index in [4.69, 9.17) is 11.5 Å². The van der Waals surface area contributed by atoms with Crippen molar-refractivity contribution in [1.29, 1.82) is 0 Å². The molecule has 1 heterocycles. The molecule has 0 radical (unpaired) electrons. The molecule has 3 rings (SSSR count). The Kier molecular flexibility index (Phi) is 4.77. The van der Waals surface area contributed by atoms with E-state index >= 15 is 0 Å². The average molecular weight is 319 g/mol. The molecular formula is C20H21N3O. The van der Waals surface area contributed by atoms with E-state index in [-0.39, 0.29) is 12.5 Å². The molecule has 0 amide bonds. The molecule has 0 saturated carbocycles. The van der Waals surface area contributed by atoms with Gasteiger partial charge in [0.2, 0.25) is 0 Å². The van der Waals surface area contributed by atoms with E-state index in [9.17, 15) is 5.11 Å². The summed E-state index contributed by atoms with van der Waals surface area (Å²) < 4.78 is 0. The van der Waals surface area contributed by atoms with Crippen molar-refractivity contribution >= 4 is 11.6 Å². The summed E-state index contributed by atoms with van der Waals surface area (Å²) in [6.45, 7) is 0.0554. The van der Waals surface area contributed by atoms with Crippen LogP contribution in [0, 0.1) is 0 Å². The van der Waals surface area contributed by atoms with Gasteiger partial charge in [0.1, 0.15) is 11.6 Å². The molecule has 5 N–H and O–H groups in total. The van der Waals surface area contributed by atoms with Gasteiger partial charge in [0, 0.05) is 5.92 Å². The van der Waals surface area contributed by atoms with Crippen LogP contribution in [-0.2, 0) is 13.0 Å². The van der Waals surface area contributed by atoms with Gasteiger partial charge in [-0.15, -0.1) is 0 Å². The number of pyridine rings is 1. The summed E-state index contributed by atoms with van der Waals surface area (Å²) in [5.41, 5.74) is 16.1. The highest BCUT2D eigenvalue weighted by Gasteiger charge is 2.16. The van der Waals surface area contributed by atoms with Crippen molar-refractivity contribution in [2.75, 3.05) is 11.5 Å². The lowest BCUT2D eigenvalue weighted by Gasteiger charge is -2.19. The first-order valence-corrected chi connectivity index (χ1v) is 7.92. The van der Waals surface area contributed by atoms with Crippen LogP contribution < -0.4 is 11.5 Å². The third-order valence-corrected chi connectivity index (χ3v) is 4.14. The smallest absolute Gasteiger partial charge is 0.126 e. The maximum absolute atomic E-state index is 9.19. The number of aromatic nitrogens is 1. The Morgan fingerprint density at radius 3 is 1.96 bits per heavy atom. The van der Waals surface area contributed by atoms with Gasteiger partial charge in [-0.05, 0) is 40.8 Å². The molecule has 0 aliphatic carbocycles. The third-order valence-electron chi connectivity index (χ3n) is 4.14. The number of nitrogens with zero attached hydrogens (tertiary/aromatic N) is 1. The molecule has 4 nitrogen and oxygen atoms in total. The van der Waals surface area contributed by atoms with Crippen LogP contribution in [0.3, 0.4) is 0 Å². The number of benzene rings is 2. The van der Waals surface area contributed by atoms with Crippen LogP contribution in [0.5, 0.6) is 0 Å². The fraction of sp³-hybridized carbons (Fsp3) is 0.150. The predicted molar refractivity (Wildman–Crippen MR) is 97.4 cm³/mol. The summed E-state index contributed by atoms with van der Waals surface area (Å²) in [6, 6.07) is 22.1. The lowest BCUT2D eigenvalue weighted by atomic mass is 9.86. The highest BCUT2D eigenvalue weighted by molar-refractivity contribution is 5.48. The Bertz CT molecular complexity index is 781. The molecule has 2 aromatic carbocycles. The summed E-state index contributed by atoms with van der Waals surface area (Å²) in [6.07, 6.45) is 0.818. The zero-order chi connectivity index (χ0) is 16.9. The maximum Gasteiger partial charge on any atom is 0.126 e. The number of rotatable bonds is 5. The van der Waals surface area contributed by atoms with Crippen molar-refractivity contribution < 1.29 is 5.11 Å². The first-order valence-electron chi connectivity index (χ1n) is 7.92. The summed E-state index contributed by atoms with van der Waals surface area (Å²) in [7, 11) is 0. The SMILES string of the molecule is Nc1cc(C(Cc2ccc(CO)cc2)c2ccccc2)cc(N)n1. The Morgan fingerprint density at radius 2 is 1.38 bits per heavy atom. The lowest BCUT2D eigenvalue weighted by Crippen LogP contribution is -2.08. The van der Waals surface area contributed by atoms with Gasteiger partial charge in [0.15, 0.2) is 0 Å². The molecule has 24 heavy (non-hydrogen) atoms. The number of aliphatic hydroxyl groups is 1. The normalized spacial score (nSPS) is 12.0. The number of hydrogen-bond donors (Lipinski definition) is 3. The average Bonchev–Trinajstić information content (AvgIpc) is 2.60. The van der Waals surface area contributed by atoms with Gasteiger partial charge in [-0.1, -0.05) is 54.6 Å². The van der Waals surface area contributed by atoms with Gasteiger partial charge < -0.3 is 16.6 Å². The van der Waals surface area contributed by atoms with Gasteiger partial charge in [0.05, 0.1) is 6.61 Å². The van der Waals surface area contributed by atoms with Crippen LogP contribution in [0.15, 0.2) is 66.7 Å². The van der Waals surface area contributed by atoms with Crippen LogP contribution in [0.4, 0.5) is 11.6 Å². The minimum Gasteiger partial charge on any atom is -0.392 e. The van der Waals surface area contributed by atoms with Crippen LogP contribution in [0.2, 0.25) is 0 Å². The van der Waals surface area contributed by atoms with Crippen LogP contribution in [0.25, 0.3) is 0 Å². The van der Waals surface area contributed by atoms with E-state index in [0.29, 0.717) is 11.6 Å². The van der Waals surface area contributed by atoms with Gasteiger partial charge in [0.25, 0.3) is 0 Å². The molecular weight excluding hydrogens is 298 g/mol. The van der Waals surface area contributed by atoms with Crippen molar-refractivity contribution in [3.8, 4) is 0 Å². The summed E-state index contributed by atoms with van der Waals surface area (Å²) in [5, 5.41) is 9.19. The molecule has 0 aliphatic heterocycles. The molecule has 1 aromatic heterocycles. The second-order valence-corrected chi connectivity index (χ2v) is 5.89. The van der Waals surface area contributed by atoms with E-state index < -0.39 is 0 Å². The molecule has 0 fully saturated rings. The highest BCUT2D eigenvalue weighted by atomic mass is 16.3. The largest absolute Gasteiger partial charge is 0.392 e. The Morgan fingerprint density at radius 1 is 0.792 bits per heavy atom. The van der Waals surface area contributed by atoms with E-state index in [2.05, 4.69) is 29.2 Å². The third kappa shape index (κ3) is 3.73. The quantitative estimate of drug-likeness (QED) is 0.674. The Balaban J connectivity index is 1.98. The van der Waals surface area contributed by atoms with Crippen LogP contribution in [0.1, 0.15) is 28.2 Å². The second kappa shape index (κ2) is 7.15. The van der Waals surface area contributed by atoms with Crippen molar-refractivity contribution in [3.63, 3.8) is 0 Å². The number of nitrogens with two attached hydrogens (primary N) is 2. The monoisotopic (exact) mass is 319 g/mol. The van der Waals surface area contributed by atoms with Crippen molar-refractivity contribution in [2.45, 2.75) is 18.9 Å². The lowest BCUT2D eigenvalue weighted by molar-refractivity contribution is 0.282. The summed E-state index contributed by atoms with van der Waals surface area (Å²) in [5.74, 6) is 1.00. The zero-order valence-electron chi connectivity index (χ0n) is 13.4. The Hall–Kier alpha value is -2.85. The predicted octanol–water partition coefficient (Wildman–Crippen LogP) is 3.11. The molecule has 4 heteroatoms. The molecule has 1 atom stereocenters. The fourth-order valence-electron chi connectivity index (χ4n) is 2.93. The molecule has 3 aromatic rings. The highest BCUT2D eigenvalue weighted by Crippen LogP contribution is 2.30. The molecule has 0 bridgehead atoms. The van der Waals surface area contributed by atoms with Crippen LogP contribution >= 0.6 is 0 Å². The molecule has 0 aliphatic rings. The standard InChI is InChI=1S/C20H21N3O/c21-19-11-17(12-20(22)23-19)18(16-4-2-1-3-5-16)10-14-6-8-15(13-24)9-7-14/h1-9,11-12,18,24H,10,13H2,(H4,21,22,23). The molecule has 1 unspecified atom stereocenters. The van der Waals surface area contributed by atoms with E-state index in [1.54, 1.807) is 0 Å². The van der Waals surface area contributed by atoms with Gasteiger partial charge in [-0.3, -0.25) is 0 Å². The number of nitrogen functional groups attached to an aromatic ring is 2. The van der Waals surface area contributed by atoms with Gasteiger partial charge >= 0.3 is 0 Å². The van der Waals surface area contributed by atoms with Crippen molar-refractivity contribution in [2.24, 2.45) is 0 Å². The van der Waals surface area contributed by atoms with E-state index in [1.165, 1.54) is 11.1 Å². The van der Waals surface area contributed by atoms with E-state index in [0.717, 1.165) is 17.5 Å². The van der Waals surface area contributed by atoms with Crippen molar-refractivity contribution in [3.05, 3.63) is 89.0 Å². The minimum atomic E-state index is 0.0554. The number of anilines is 2. The maximum atomic E-state index is 9.19. The Labute approximate surface area is 141 Å².